The normalized spacial score (nSPS) is 14.1. The van der Waals surface area contributed by atoms with Crippen molar-refractivity contribution in [2.45, 2.75) is 25.3 Å². The van der Waals surface area contributed by atoms with E-state index in [1.54, 1.807) is 12.1 Å². The van der Waals surface area contributed by atoms with Crippen LogP contribution in [-0.4, -0.2) is 0 Å². The van der Waals surface area contributed by atoms with Crippen molar-refractivity contribution in [2.75, 3.05) is 0 Å². The van der Waals surface area contributed by atoms with Crippen molar-refractivity contribution in [2.24, 2.45) is 5.73 Å². The Kier molecular flexibility index (Phi) is 4.23. The highest BCUT2D eigenvalue weighted by Gasteiger charge is 2.28. The molecule has 0 saturated heterocycles. The van der Waals surface area contributed by atoms with Gasteiger partial charge in [0.05, 0.1) is 0 Å². The molecule has 2 rings (SSSR count). The van der Waals surface area contributed by atoms with Crippen molar-refractivity contribution in [1.29, 1.82) is 0 Å². The van der Waals surface area contributed by atoms with Crippen molar-refractivity contribution in [3.05, 3.63) is 70.5 Å². The van der Waals surface area contributed by atoms with Gasteiger partial charge in [-0.05, 0) is 30.5 Å². The molecule has 0 aromatic heterocycles. The molecule has 0 radical (unpaired) electrons. The van der Waals surface area contributed by atoms with Crippen LogP contribution in [0.5, 0.6) is 0 Å². The molecule has 19 heavy (non-hydrogen) atoms. The summed E-state index contributed by atoms with van der Waals surface area (Å²) in [5.41, 5.74) is 7.32. The first-order valence-corrected chi connectivity index (χ1v) is 6.71. The molecule has 1 unspecified atom stereocenters. The highest BCUT2D eigenvalue weighted by molar-refractivity contribution is 6.30. The average Bonchev–Trinajstić information content (AvgIpc) is 2.39. The Labute approximate surface area is 118 Å². The number of rotatable bonds is 4. The van der Waals surface area contributed by atoms with Crippen molar-refractivity contribution < 1.29 is 4.39 Å². The average molecular weight is 278 g/mol. The third-order valence-corrected chi connectivity index (χ3v) is 3.70. The SMILES string of the molecule is CCC(N)(Cc1ccccc1)c1ccc(Cl)cc1F. The molecule has 2 aromatic rings. The summed E-state index contributed by atoms with van der Waals surface area (Å²) in [5.74, 6) is -0.340. The Bertz CT molecular complexity index is 556. The smallest absolute Gasteiger partial charge is 0.129 e. The molecule has 0 heterocycles. The minimum absolute atomic E-state index is 0.340. The number of benzene rings is 2. The van der Waals surface area contributed by atoms with Gasteiger partial charge in [0.2, 0.25) is 0 Å². The Morgan fingerprint density at radius 2 is 1.84 bits per heavy atom. The third kappa shape index (κ3) is 3.14. The first-order valence-electron chi connectivity index (χ1n) is 6.33. The van der Waals surface area contributed by atoms with Crippen LogP contribution in [0.15, 0.2) is 48.5 Å². The second-order valence-corrected chi connectivity index (χ2v) is 5.23. The van der Waals surface area contributed by atoms with E-state index in [0.29, 0.717) is 23.4 Å². The van der Waals surface area contributed by atoms with Gasteiger partial charge >= 0.3 is 0 Å². The molecular weight excluding hydrogens is 261 g/mol. The lowest BCUT2D eigenvalue weighted by Gasteiger charge is -2.29. The Morgan fingerprint density at radius 3 is 2.42 bits per heavy atom. The van der Waals surface area contributed by atoms with E-state index in [0.717, 1.165) is 5.56 Å². The monoisotopic (exact) mass is 277 g/mol. The molecule has 0 aliphatic carbocycles. The van der Waals surface area contributed by atoms with Crippen molar-refractivity contribution in [3.63, 3.8) is 0 Å². The van der Waals surface area contributed by atoms with Gasteiger partial charge in [0, 0.05) is 16.1 Å². The number of halogens is 2. The Morgan fingerprint density at radius 1 is 1.16 bits per heavy atom. The molecule has 1 nitrogen and oxygen atoms in total. The molecular formula is C16H17ClFN. The molecule has 0 amide bonds. The van der Waals surface area contributed by atoms with Crippen LogP contribution >= 0.6 is 11.6 Å². The summed E-state index contributed by atoms with van der Waals surface area (Å²) >= 11 is 5.79. The van der Waals surface area contributed by atoms with Crippen LogP contribution in [0.4, 0.5) is 4.39 Å². The molecule has 0 spiro atoms. The van der Waals surface area contributed by atoms with E-state index in [1.165, 1.54) is 6.07 Å². The largest absolute Gasteiger partial charge is 0.321 e. The van der Waals surface area contributed by atoms with Gasteiger partial charge in [0.15, 0.2) is 0 Å². The predicted molar refractivity (Wildman–Crippen MR) is 77.7 cm³/mol. The van der Waals surface area contributed by atoms with E-state index < -0.39 is 5.54 Å². The van der Waals surface area contributed by atoms with Crippen molar-refractivity contribution in [3.8, 4) is 0 Å². The van der Waals surface area contributed by atoms with Crippen LogP contribution in [0.3, 0.4) is 0 Å². The summed E-state index contributed by atoms with van der Waals surface area (Å²) in [6.45, 7) is 1.97. The van der Waals surface area contributed by atoms with E-state index in [2.05, 4.69) is 0 Å². The maximum Gasteiger partial charge on any atom is 0.129 e. The van der Waals surface area contributed by atoms with E-state index in [1.807, 2.05) is 37.3 Å². The fourth-order valence-corrected chi connectivity index (χ4v) is 2.42. The maximum absolute atomic E-state index is 14.1. The zero-order chi connectivity index (χ0) is 13.9. The van der Waals surface area contributed by atoms with E-state index in [9.17, 15) is 4.39 Å². The van der Waals surface area contributed by atoms with E-state index in [4.69, 9.17) is 17.3 Å². The molecule has 3 heteroatoms. The van der Waals surface area contributed by atoms with Crippen LogP contribution in [0.25, 0.3) is 0 Å². The Hall–Kier alpha value is -1.38. The predicted octanol–water partition coefficient (Wildman–Crippen LogP) is 4.29. The van der Waals surface area contributed by atoms with Gasteiger partial charge in [-0.15, -0.1) is 0 Å². The van der Waals surface area contributed by atoms with Crippen LogP contribution in [-0.2, 0) is 12.0 Å². The Balaban J connectivity index is 2.36. The molecule has 0 saturated carbocycles. The van der Waals surface area contributed by atoms with Crippen molar-refractivity contribution >= 4 is 11.6 Å². The second kappa shape index (κ2) is 5.72. The van der Waals surface area contributed by atoms with Gasteiger partial charge in [-0.25, -0.2) is 4.39 Å². The minimum atomic E-state index is -0.712. The van der Waals surface area contributed by atoms with Gasteiger partial charge in [0.25, 0.3) is 0 Å². The second-order valence-electron chi connectivity index (χ2n) is 4.80. The fourth-order valence-electron chi connectivity index (χ4n) is 2.26. The summed E-state index contributed by atoms with van der Waals surface area (Å²) in [7, 11) is 0. The fraction of sp³-hybridized carbons (Fsp3) is 0.250. The van der Waals surface area contributed by atoms with Crippen LogP contribution in [0, 0.1) is 5.82 Å². The van der Waals surface area contributed by atoms with Gasteiger partial charge in [-0.1, -0.05) is 54.9 Å². The zero-order valence-corrected chi connectivity index (χ0v) is 11.6. The molecule has 0 aliphatic rings. The van der Waals surface area contributed by atoms with Gasteiger partial charge < -0.3 is 5.73 Å². The standard InChI is InChI=1S/C16H17ClFN/c1-2-16(19,11-12-6-4-3-5-7-12)14-9-8-13(17)10-15(14)18/h3-10H,2,11,19H2,1H3. The lowest BCUT2D eigenvalue weighted by Crippen LogP contribution is -2.39. The first kappa shape index (κ1) is 14.0. The first-order chi connectivity index (χ1) is 9.05. The summed E-state index contributed by atoms with van der Waals surface area (Å²) in [4.78, 5) is 0. The van der Waals surface area contributed by atoms with Gasteiger partial charge in [-0.3, -0.25) is 0 Å². The van der Waals surface area contributed by atoms with Gasteiger partial charge in [-0.2, -0.15) is 0 Å². The molecule has 0 aliphatic heterocycles. The zero-order valence-electron chi connectivity index (χ0n) is 10.9. The molecule has 100 valence electrons. The quantitative estimate of drug-likeness (QED) is 0.887. The van der Waals surface area contributed by atoms with Crippen LogP contribution in [0.2, 0.25) is 5.02 Å². The van der Waals surface area contributed by atoms with Crippen molar-refractivity contribution in [1.82, 2.24) is 0 Å². The number of nitrogens with two attached hydrogens (primary N) is 1. The van der Waals surface area contributed by atoms with Gasteiger partial charge in [0.1, 0.15) is 5.82 Å². The number of hydrogen-bond acceptors (Lipinski definition) is 1. The summed E-state index contributed by atoms with van der Waals surface area (Å²) in [6, 6.07) is 14.6. The molecule has 2 N–H and O–H groups in total. The molecule has 1 atom stereocenters. The maximum atomic E-state index is 14.1. The molecule has 2 aromatic carbocycles. The summed E-state index contributed by atoms with van der Waals surface area (Å²) in [6.07, 6.45) is 1.25. The topological polar surface area (TPSA) is 26.0 Å². The summed E-state index contributed by atoms with van der Waals surface area (Å²) < 4.78 is 14.1. The lowest BCUT2D eigenvalue weighted by atomic mass is 9.82. The molecule has 0 fully saturated rings. The summed E-state index contributed by atoms with van der Waals surface area (Å²) in [5, 5.41) is 0.388. The van der Waals surface area contributed by atoms with Crippen LogP contribution in [0.1, 0.15) is 24.5 Å². The third-order valence-electron chi connectivity index (χ3n) is 3.46. The van der Waals surface area contributed by atoms with Crippen LogP contribution < -0.4 is 5.73 Å². The number of hydrogen-bond donors (Lipinski definition) is 1. The van der Waals surface area contributed by atoms with E-state index >= 15 is 0 Å². The minimum Gasteiger partial charge on any atom is -0.321 e. The highest BCUT2D eigenvalue weighted by atomic mass is 35.5. The highest BCUT2D eigenvalue weighted by Crippen LogP contribution is 2.30. The lowest BCUT2D eigenvalue weighted by molar-refractivity contribution is 0.403. The molecule has 0 bridgehead atoms. The van der Waals surface area contributed by atoms with E-state index in [-0.39, 0.29) is 5.82 Å².